The van der Waals surface area contributed by atoms with Crippen LogP contribution >= 0.6 is 0 Å². The van der Waals surface area contributed by atoms with Gasteiger partial charge in [-0.15, -0.1) is 0 Å². The Balaban J connectivity index is 2.71. The van der Waals surface area contributed by atoms with Crippen molar-refractivity contribution in [2.75, 3.05) is 17.2 Å². The second-order valence-corrected chi connectivity index (χ2v) is 6.09. The van der Waals surface area contributed by atoms with Crippen LogP contribution in [0.3, 0.4) is 0 Å². The van der Waals surface area contributed by atoms with E-state index in [9.17, 15) is 18.0 Å². The number of sulfone groups is 1. The maximum absolute atomic E-state index is 11.9. The highest BCUT2D eigenvalue weighted by molar-refractivity contribution is 7.92. The molecule has 0 aromatic heterocycles. The number of rotatable bonds is 2. The number of nitrogens with zero attached hydrogens (tertiary/aromatic N) is 1. The summed E-state index contributed by atoms with van der Waals surface area (Å²) in [6.07, 6.45) is 0. The summed E-state index contributed by atoms with van der Waals surface area (Å²) >= 11 is 0. The second kappa shape index (κ2) is 4.20. The molecule has 18 heavy (non-hydrogen) atoms. The van der Waals surface area contributed by atoms with Crippen molar-refractivity contribution in [3.05, 3.63) is 23.8 Å². The predicted molar refractivity (Wildman–Crippen MR) is 66.5 cm³/mol. The maximum Gasteiger partial charge on any atom is 0.242 e. The number of amides is 1. The highest BCUT2D eigenvalue weighted by Gasteiger charge is 2.34. The fraction of sp³-hybridized carbons (Fsp3) is 0.333. The molecule has 0 unspecified atom stereocenters. The third-order valence-electron chi connectivity index (χ3n) is 2.92. The maximum atomic E-state index is 11.9. The second-order valence-electron chi connectivity index (χ2n) is 4.14. The van der Waals surface area contributed by atoms with Crippen LogP contribution in [0.1, 0.15) is 24.2 Å². The van der Waals surface area contributed by atoms with Crippen molar-refractivity contribution in [3.8, 4) is 0 Å². The molecule has 1 aliphatic rings. The predicted octanol–water partition coefficient (Wildman–Crippen LogP) is 1.03. The van der Waals surface area contributed by atoms with Crippen LogP contribution in [0.15, 0.2) is 23.1 Å². The van der Waals surface area contributed by atoms with E-state index < -0.39 is 21.5 Å². The Morgan fingerprint density at radius 3 is 2.61 bits per heavy atom. The Morgan fingerprint density at radius 1 is 1.39 bits per heavy atom. The summed E-state index contributed by atoms with van der Waals surface area (Å²) < 4.78 is 23.8. The average molecular weight is 267 g/mol. The van der Waals surface area contributed by atoms with E-state index >= 15 is 0 Å². The van der Waals surface area contributed by atoms with Gasteiger partial charge in [-0.3, -0.25) is 9.59 Å². The van der Waals surface area contributed by atoms with Crippen LogP contribution < -0.4 is 4.90 Å². The van der Waals surface area contributed by atoms with Crippen LogP contribution in [0.25, 0.3) is 0 Å². The van der Waals surface area contributed by atoms with Crippen molar-refractivity contribution >= 4 is 27.2 Å². The molecule has 1 heterocycles. The molecule has 0 radical (unpaired) electrons. The Hall–Kier alpha value is -1.69. The number of fused-ring (bicyclic) bond motifs is 1. The number of carbonyl (C=O) groups is 2. The quantitative estimate of drug-likeness (QED) is 0.750. The zero-order valence-electron chi connectivity index (χ0n) is 10.1. The van der Waals surface area contributed by atoms with Crippen LogP contribution in [0.4, 0.5) is 5.69 Å². The van der Waals surface area contributed by atoms with Gasteiger partial charge in [-0.05, 0) is 32.0 Å². The smallest absolute Gasteiger partial charge is 0.242 e. The molecule has 1 aliphatic heterocycles. The van der Waals surface area contributed by atoms with Crippen molar-refractivity contribution < 1.29 is 18.0 Å². The lowest BCUT2D eigenvalue weighted by molar-refractivity contribution is -0.116. The van der Waals surface area contributed by atoms with E-state index in [1.165, 1.54) is 30.0 Å². The normalized spacial score (nSPS) is 17.4. The van der Waals surface area contributed by atoms with E-state index in [0.717, 1.165) is 0 Å². The third kappa shape index (κ3) is 1.92. The summed E-state index contributed by atoms with van der Waals surface area (Å²) in [4.78, 5) is 24.6. The van der Waals surface area contributed by atoms with Gasteiger partial charge in [0.1, 0.15) is 5.75 Å². The highest BCUT2D eigenvalue weighted by Crippen LogP contribution is 2.32. The number of hydrogen-bond donors (Lipinski definition) is 0. The van der Waals surface area contributed by atoms with Crippen LogP contribution in [-0.2, 0) is 14.6 Å². The van der Waals surface area contributed by atoms with E-state index in [4.69, 9.17) is 0 Å². The summed E-state index contributed by atoms with van der Waals surface area (Å²) in [5, 5.41) is 0. The topological polar surface area (TPSA) is 71.5 Å². The summed E-state index contributed by atoms with van der Waals surface area (Å²) in [5.74, 6) is -1.12. The number of carbonyl (C=O) groups excluding carboxylic acids is 2. The summed E-state index contributed by atoms with van der Waals surface area (Å²) in [6, 6.07) is 4.34. The first kappa shape index (κ1) is 12.8. The van der Waals surface area contributed by atoms with E-state index in [1.807, 2.05) is 0 Å². The van der Waals surface area contributed by atoms with Crippen molar-refractivity contribution in [2.45, 2.75) is 18.7 Å². The first-order valence-corrected chi connectivity index (χ1v) is 7.20. The summed E-state index contributed by atoms with van der Waals surface area (Å²) in [5.41, 5.74) is 0.707. The van der Waals surface area contributed by atoms with Gasteiger partial charge in [0.25, 0.3) is 0 Å². The molecule has 0 bridgehead atoms. The first-order chi connectivity index (χ1) is 8.36. The fourth-order valence-electron chi connectivity index (χ4n) is 2.01. The Morgan fingerprint density at radius 2 is 2.06 bits per heavy atom. The van der Waals surface area contributed by atoms with Gasteiger partial charge in [-0.2, -0.15) is 0 Å². The number of anilines is 1. The summed E-state index contributed by atoms with van der Waals surface area (Å²) in [7, 11) is -3.58. The lowest BCUT2D eigenvalue weighted by Crippen LogP contribution is -2.40. The molecule has 2 rings (SSSR count). The van der Waals surface area contributed by atoms with Gasteiger partial charge in [0.15, 0.2) is 15.6 Å². The molecule has 1 aromatic carbocycles. The molecule has 0 saturated heterocycles. The van der Waals surface area contributed by atoms with Gasteiger partial charge in [0.2, 0.25) is 5.91 Å². The standard InChI is InChI=1S/C12H13NO4S/c1-3-13-10-6-9(8(2)14)4-5-11(10)18(16,17)7-12(13)15/h4-6H,3,7H2,1-2H3. The van der Waals surface area contributed by atoms with Gasteiger partial charge in [-0.1, -0.05) is 0 Å². The van der Waals surface area contributed by atoms with E-state index in [-0.39, 0.29) is 10.7 Å². The van der Waals surface area contributed by atoms with Gasteiger partial charge in [0.05, 0.1) is 10.6 Å². The molecule has 6 heteroatoms. The number of ketones is 1. The minimum Gasteiger partial charge on any atom is -0.310 e. The number of hydrogen-bond acceptors (Lipinski definition) is 4. The molecule has 5 nitrogen and oxygen atoms in total. The van der Waals surface area contributed by atoms with Gasteiger partial charge < -0.3 is 4.90 Å². The lowest BCUT2D eigenvalue weighted by Gasteiger charge is -2.28. The molecule has 1 amide bonds. The van der Waals surface area contributed by atoms with E-state index in [2.05, 4.69) is 0 Å². The molecular weight excluding hydrogens is 254 g/mol. The zero-order valence-corrected chi connectivity index (χ0v) is 11.0. The Labute approximate surface area is 105 Å². The van der Waals surface area contributed by atoms with Crippen molar-refractivity contribution in [1.82, 2.24) is 0 Å². The largest absolute Gasteiger partial charge is 0.310 e. The van der Waals surface area contributed by atoms with Crippen LogP contribution in [0.2, 0.25) is 0 Å². The highest BCUT2D eigenvalue weighted by atomic mass is 32.2. The molecule has 96 valence electrons. The van der Waals surface area contributed by atoms with Crippen molar-refractivity contribution in [3.63, 3.8) is 0 Å². The third-order valence-corrected chi connectivity index (χ3v) is 4.56. The molecule has 0 N–H and O–H groups in total. The Bertz CT molecular complexity index is 633. The molecule has 0 atom stereocenters. The van der Waals surface area contributed by atoms with E-state index in [0.29, 0.717) is 17.8 Å². The van der Waals surface area contributed by atoms with Gasteiger partial charge in [0, 0.05) is 12.1 Å². The monoisotopic (exact) mass is 267 g/mol. The van der Waals surface area contributed by atoms with Crippen molar-refractivity contribution in [1.29, 1.82) is 0 Å². The first-order valence-electron chi connectivity index (χ1n) is 5.55. The molecular formula is C12H13NO4S. The lowest BCUT2D eigenvalue weighted by atomic mass is 10.1. The molecule has 0 spiro atoms. The van der Waals surface area contributed by atoms with Crippen LogP contribution in [0, 0.1) is 0 Å². The molecule has 0 aliphatic carbocycles. The van der Waals surface area contributed by atoms with Crippen molar-refractivity contribution in [2.24, 2.45) is 0 Å². The molecule has 1 aromatic rings. The zero-order chi connectivity index (χ0) is 13.5. The SMILES string of the molecule is CCN1C(=O)CS(=O)(=O)c2ccc(C(C)=O)cc21. The average Bonchev–Trinajstić information content (AvgIpc) is 2.27. The van der Waals surface area contributed by atoms with Gasteiger partial charge in [-0.25, -0.2) is 8.42 Å². The number of Topliss-reactive ketones (excluding diaryl/α,β-unsaturated/α-hetero) is 1. The Kier molecular flexibility index (Phi) is 2.98. The fourth-order valence-corrected chi connectivity index (χ4v) is 3.41. The van der Waals surface area contributed by atoms with E-state index in [1.54, 1.807) is 6.92 Å². The summed E-state index contributed by atoms with van der Waals surface area (Å²) in [6.45, 7) is 3.54. The molecule has 0 fully saturated rings. The minimum absolute atomic E-state index is 0.119. The number of benzene rings is 1. The molecule has 0 saturated carbocycles. The van der Waals surface area contributed by atoms with Crippen LogP contribution in [0.5, 0.6) is 0 Å². The van der Waals surface area contributed by atoms with Crippen LogP contribution in [-0.4, -0.2) is 32.4 Å². The van der Waals surface area contributed by atoms with Gasteiger partial charge >= 0.3 is 0 Å². The minimum atomic E-state index is -3.58.